The second kappa shape index (κ2) is 7.00. The molecule has 1 aliphatic rings. The molecular formula is C20H28N8. The minimum absolute atomic E-state index is 0.00606. The quantitative estimate of drug-likeness (QED) is 0.691. The van der Waals surface area contributed by atoms with E-state index >= 15 is 0 Å². The van der Waals surface area contributed by atoms with Crippen molar-refractivity contribution in [1.29, 1.82) is 0 Å². The Hall–Kier alpha value is -2.77. The molecule has 0 aromatic carbocycles. The van der Waals surface area contributed by atoms with Gasteiger partial charge in [0, 0.05) is 44.7 Å². The van der Waals surface area contributed by atoms with Gasteiger partial charge in [0.05, 0.1) is 5.69 Å². The minimum atomic E-state index is -0.00606. The third-order valence-corrected chi connectivity index (χ3v) is 5.28. The Labute approximate surface area is 165 Å². The zero-order valence-electron chi connectivity index (χ0n) is 17.3. The van der Waals surface area contributed by atoms with Gasteiger partial charge in [-0.25, -0.2) is 4.98 Å². The van der Waals surface area contributed by atoms with Crippen LogP contribution in [0.3, 0.4) is 0 Å². The lowest BCUT2D eigenvalue weighted by Crippen LogP contribution is -2.35. The van der Waals surface area contributed by atoms with E-state index in [1.807, 2.05) is 47.9 Å². The highest BCUT2D eigenvalue weighted by Gasteiger charge is 2.27. The van der Waals surface area contributed by atoms with E-state index in [0.29, 0.717) is 5.92 Å². The van der Waals surface area contributed by atoms with Crippen LogP contribution in [0, 0.1) is 0 Å². The van der Waals surface area contributed by atoms with Gasteiger partial charge in [0.2, 0.25) is 5.95 Å². The van der Waals surface area contributed by atoms with Crippen LogP contribution in [-0.2, 0) is 5.41 Å². The summed E-state index contributed by atoms with van der Waals surface area (Å²) in [6.45, 7) is 8.31. The number of nitrogens with zero attached hydrogens (tertiary/aromatic N) is 8. The van der Waals surface area contributed by atoms with Crippen LogP contribution in [-0.4, -0.2) is 57.0 Å². The van der Waals surface area contributed by atoms with Crippen LogP contribution < -0.4 is 9.80 Å². The van der Waals surface area contributed by atoms with Crippen molar-refractivity contribution in [3.05, 3.63) is 35.9 Å². The first-order valence-electron chi connectivity index (χ1n) is 9.81. The summed E-state index contributed by atoms with van der Waals surface area (Å²) in [5, 5.41) is 13.6. The summed E-state index contributed by atoms with van der Waals surface area (Å²) in [7, 11) is 3.99. The fraction of sp³-hybridized carbons (Fsp3) is 0.550. The normalized spacial score (nSPS) is 16.0. The summed E-state index contributed by atoms with van der Waals surface area (Å²) in [6, 6.07) is 5.99. The maximum absolute atomic E-state index is 4.84. The highest BCUT2D eigenvalue weighted by Crippen LogP contribution is 2.29. The Balaban J connectivity index is 1.53. The van der Waals surface area contributed by atoms with Gasteiger partial charge in [-0.05, 0) is 31.0 Å². The van der Waals surface area contributed by atoms with E-state index in [-0.39, 0.29) is 5.41 Å². The zero-order valence-corrected chi connectivity index (χ0v) is 17.3. The fourth-order valence-electron chi connectivity index (χ4n) is 3.54. The van der Waals surface area contributed by atoms with Crippen LogP contribution in [0.25, 0.3) is 5.65 Å². The molecule has 148 valence electrons. The first kappa shape index (κ1) is 18.6. The molecular weight excluding hydrogens is 352 g/mol. The lowest BCUT2D eigenvalue weighted by atomic mass is 9.92. The summed E-state index contributed by atoms with van der Waals surface area (Å²) >= 11 is 0. The molecule has 1 saturated heterocycles. The Morgan fingerprint density at radius 2 is 1.79 bits per heavy atom. The van der Waals surface area contributed by atoms with Gasteiger partial charge in [-0.3, -0.25) is 0 Å². The third kappa shape index (κ3) is 3.50. The van der Waals surface area contributed by atoms with Crippen molar-refractivity contribution in [2.75, 3.05) is 37.0 Å². The highest BCUT2D eigenvalue weighted by molar-refractivity contribution is 5.43. The highest BCUT2D eigenvalue weighted by atomic mass is 15.4. The van der Waals surface area contributed by atoms with Crippen molar-refractivity contribution in [3.8, 4) is 0 Å². The van der Waals surface area contributed by atoms with Gasteiger partial charge in [0.25, 0.3) is 0 Å². The Bertz CT molecular complexity index is 964. The molecule has 3 aromatic heterocycles. The monoisotopic (exact) mass is 380 g/mol. The number of fused-ring (bicyclic) bond motifs is 1. The molecule has 1 aliphatic heterocycles. The van der Waals surface area contributed by atoms with Crippen LogP contribution in [0.4, 0.5) is 11.8 Å². The molecule has 3 aromatic rings. The van der Waals surface area contributed by atoms with Crippen molar-refractivity contribution in [2.24, 2.45) is 0 Å². The van der Waals surface area contributed by atoms with E-state index in [4.69, 9.17) is 5.10 Å². The first-order valence-corrected chi connectivity index (χ1v) is 9.81. The fourth-order valence-corrected chi connectivity index (χ4v) is 3.54. The van der Waals surface area contributed by atoms with Crippen LogP contribution in [0.1, 0.15) is 51.0 Å². The molecule has 0 N–H and O–H groups in total. The smallest absolute Gasteiger partial charge is 0.227 e. The number of aromatic nitrogens is 6. The summed E-state index contributed by atoms with van der Waals surface area (Å²) in [4.78, 5) is 13.4. The van der Waals surface area contributed by atoms with Gasteiger partial charge in [-0.2, -0.15) is 14.6 Å². The second-order valence-corrected chi connectivity index (χ2v) is 8.67. The number of hydrogen-bond acceptors (Lipinski definition) is 7. The standard InChI is InChI=1S/C20H28N8/c1-20(2,3)15-6-7-17-23-24-18(28(17)25-15)14-9-12-27(13-10-14)19-21-11-8-16(22-19)26(4)5/h6-8,11,14H,9-10,12-13H2,1-5H3. The molecule has 0 saturated carbocycles. The van der Waals surface area contributed by atoms with Crippen molar-refractivity contribution < 1.29 is 0 Å². The molecule has 0 amide bonds. The van der Waals surface area contributed by atoms with E-state index in [1.54, 1.807) is 0 Å². The van der Waals surface area contributed by atoms with E-state index in [1.165, 1.54) is 0 Å². The van der Waals surface area contributed by atoms with Crippen LogP contribution in [0.5, 0.6) is 0 Å². The number of hydrogen-bond donors (Lipinski definition) is 0. The summed E-state index contributed by atoms with van der Waals surface area (Å²) in [6.07, 6.45) is 3.79. The Morgan fingerprint density at radius 1 is 1.04 bits per heavy atom. The average molecular weight is 381 g/mol. The molecule has 8 nitrogen and oxygen atoms in total. The molecule has 0 aliphatic carbocycles. The van der Waals surface area contributed by atoms with Crippen LogP contribution in [0.2, 0.25) is 0 Å². The van der Waals surface area contributed by atoms with Gasteiger partial charge < -0.3 is 9.80 Å². The molecule has 1 fully saturated rings. The molecule has 4 heterocycles. The lowest BCUT2D eigenvalue weighted by Gasteiger charge is -2.31. The van der Waals surface area contributed by atoms with Crippen LogP contribution >= 0.6 is 0 Å². The zero-order chi connectivity index (χ0) is 19.9. The SMILES string of the molecule is CN(C)c1ccnc(N2CCC(c3nnc4ccc(C(C)(C)C)nn34)CC2)n1. The van der Waals surface area contributed by atoms with Gasteiger partial charge in [-0.15, -0.1) is 10.2 Å². The first-order chi connectivity index (χ1) is 13.3. The summed E-state index contributed by atoms with van der Waals surface area (Å²) in [5.74, 6) is 3.02. The van der Waals surface area contributed by atoms with Crippen molar-refractivity contribution >= 4 is 17.4 Å². The van der Waals surface area contributed by atoms with E-state index < -0.39 is 0 Å². The minimum Gasteiger partial charge on any atom is -0.363 e. The van der Waals surface area contributed by atoms with Gasteiger partial charge in [0.15, 0.2) is 11.5 Å². The predicted molar refractivity (Wildman–Crippen MR) is 110 cm³/mol. The van der Waals surface area contributed by atoms with Gasteiger partial charge >= 0.3 is 0 Å². The molecule has 0 atom stereocenters. The largest absolute Gasteiger partial charge is 0.363 e. The maximum atomic E-state index is 4.84. The molecule has 0 bridgehead atoms. The topological polar surface area (TPSA) is 75.3 Å². The van der Waals surface area contributed by atoms with Crippen LogP contribution in [0.15, 0.2) is 24.4 Å². The van der Waals surface area contributed by atoms with Gasteiger partial charge in [-0.1, -0.05) is 20.8 Å². The Kier molecular flexibility index (Phi) is 4.64. The molecule has 0 radical (unpaired) electrons. The Morgan fingerprint density at radius 3 is 2.46 bits per heavy atom. The van der Waals surface area contributed by atoms with E-state index in [2.05, 4.69) is 45.8 Å². The molecule has 0 spiro atoms. The van der Waals surface area contributed by atoms with Gasteiger partial charge in [0.1, 0.15) is 5.82 Å². The number of anilines is 2. The maximum Gasteiger partial charge on any atom is 0.227 e. The molecule has 28 heavy (non-hydrogen) atoms. The molecule has 8 heteroatoms. The summed E-state index contributed by atoms with van der Waals surface area (Å²) < 4.78 is 1.93. The molecule has 0 unspecified atom stereocenters. The van der Waals surface area contributed by atoms with E-state index in [9.17, 15) is 0 Å². The molecule has 4 rings (SSSR count). The number of rotatable bonds is 3. The number of piperidine rings is 1. The third-order valence-electron chi connectivity index (χ3n) is 5.28. The average Bonchev–Trinajstić information content (AvgIpc) is 3.11. The van der Waals surface area contributed by atoms with E-state index in [0.717, 1.165) is 54.9 Å². The lowest BCUT2D eigenvalue weighted by molar-refractivity contribution is 0.468. The van der Waals surface area contributed by atoms with Crippen molar-refractivity contribution in [1.82, 2.24) is 29.8 Å². The van der Waals surface area contributed by atoms with Crippen molar-refractivity contribution in [3.63, 3.8) is 0 Å². The predicted octanol–water partition coefficient (Wildman–Crippen LogP) is 2.66. The van der Waals surface area contributed by atoms with Crippen molar-refractivity contribution in [2.45, 2.75) is 44.9 Å². The second-order valence-electron chi connectivity index (χ2n) is 8.67. The summed E-state index contributed by atoms with van der Waals surface area (Å²) in [5.41, 5.74) is 1.85.